The van der Waals surface area contributed by atoms with Crippen LogP contribution in [0, 0.1) is 10.8 Å². The Morgan fingerprint density at radius 1 is 0.949 bits per heavy atom. The van der Waals surface area contributed by atoms with E-state index in [9.17, 15) is 28.8 Å². The predicted molar refractivity (Wildman–Crippen MR) is 219 cm³/mol. The summed E-state index contributed by atoms with van der Waals surface area (Å²) in [6.07, 6.45) is 10.3. The molecule has 4 fully saturated rings. The summed E-state index contributed by atoms with van der Waals surface area (Å²) in [5.74, 6) is -0.596. The Morgan fingerprint density at radius 2 is 1.68 bits per heavy atom. The summed E-state index contributed by atoms with van der Waals surface area (Å²) >= 11 is 0. The van der Waals surface area contributed by atoms with Gasteiger partial charge in [-0.05, 0) is 98.7 Å². The Morgan fingerprint density at radius 3 is 2.39 bits per heavy atom. The van der Waals surface area contributed by atoms with Gasteiger partial charge in [-0.15, -0.1) is 0 Å². The average Bonchev–Trinajstić information content (AvgIpc) is 3.45. The molecule has 2 bridgehead atoms. The van der Waals surface area contributed by atoms with Gasteiger partial charge in [0, 0.05) is 69.5 Å². The number of methoxy groups -OCH3 is 2. The minimum Gasteiger partial charge on any atom is -0.496 e. The lowest BCUT2D eigenvalue weighted by molar-refractivity contribution is -0.213. The number of aromatic nitrogens is 2. The van der Waals surface area contributed by atoms with E-state index in [1.165, 1.54) is 0 Å². The van der Waals surface area contributed by atoms with E-state index in [2.05, 4.69) is 32.9 Å². The third-order valence-corrected chi connectivity index (χ3v) is 12.5. The van der Waals surface area contributed by atoms with Crippen LogP contribution in [0.1, 0.15) is 77.6 Å². The van der Waals surface area contributed by atoms with Gasteiger partial charge < -0.3 is 29.6 Å². The number of carbonyl (C=O) groups is 5. The zero-order chi connectivity index (χ0) is 41.6. The van der Waals surface area contributed by atoms with Crippen LogP contribution in [0.2, 0.25) is 0 Å². The number of pyridine rings is 2. The van der Waals surface area contributed by atoms with Crippen LogP contribution in [0.3, 0.4) is 0 Å². The lowest BCUT2D eigenvalue weighted by atomic mass is 9.34. The summed E-state index contributed by atoms with van der Waals surface area (Å²) in [6, 6.07) is 9.84. The number of amides is 5. The molecule has 1 unspecified atom stereocenters. The van der Waals surface area contributed by atoms with Crippen LogP contribution in [0.15, 0.2) is 59.8 Å². The summed E-state index contributed by atoms with van der Waals surface area (Å²) in [5, 5.41) is 10.0. The number of carbonyl (C=O) groups excluding carboxylic acids is 5. The van der Waals surface area contributed by atoms with E-state index in [0.717, 1.165) is 72.0 Å². The van der Waals surface area contributed by atoms with E-state index >= 15 is 0 Å². The molecule has 5 amide bonds. The second-order valence-electron chi connectivity index (χ2n) is 16.6. The molecule has 0 radical (unpaired) electrons. The highest BCUT2D eigenvalue weighted by Crippen LogP contribution is 2.73. The lowest BCUT2D eigenvalue weighted by Crippen LogP contribution is -2.70. The van der Waals surface area contributed by atoms with E-state index in [1.807, 2.05) is 24.4 Å². The molecule has 9 rings (SSSR count). The van der Waals surface area contributed by atoms with Crippen molar-refractivity contribution in [2.45, 2.75) is 64.0 Å². The normalized spacial score (nSPS) is 21.8. The van der Waals surface area contributed by atoms with Crippen molar-refractivity contribution < 1.29 is 33.4 Å². The Balaban J connectivity index is 0.786. The van der Waals surface area contributed by atoms with Gasteiger partial charge in [0.2, 0.25) is 17.7 Å². The molecular weight excluding hydrogens is 755 g/mol. The number of anilines is 1. The fraction of sp³-hybridized carbons (Fsp3) is 0.432. The summed E-state index contributed by atoms with van der Waals surface area (Å²) in [5.41, 5.74) is 3.42. The first-order chi connectivity index (χ1) is 28.4. The first-order valence-corrected chi connectivity index (χ1v) is 20.1. The number of imide groups is 2. The van der Waals surface area contributed by atoms with Crippen LogP contribution in [-0.4, -0.2) is 95.8 Å². The second-order valence-corrected chi connectivity index (χ2v) is 16.6. The van der Waals surface area contributed by atoms with Gasteiger partial charge in [-0.1, -0.05) is 6.07 Å². The van der Waals surface area contributed by atoms with Crippen molar-refractivity contribution in [3.05, 3.63) is 82.0 Å². The highest BCUT2D eigenvalue weighted by molar-refractivity contribution is 6.25. The summed E-state index contributed by atoms with van der Waals surface area (Å²) in [7, 11) is 7.11. The molecule has 3 saturated carbocycles. The van der Waals surface area contributed by atoms with Crippen molar-refractivity contribution in [2.75, 3.05) is 46.2 Å². The number of nitrogens with zero attached hydrogens (tertiary/aromatic N) is 4. The summed E-state index contributed by atoms with van der Waals surface area (Å²) in [4.78, 5) is 83.9. The number of benzene rings is 2. The van der Waals surface area contributed by atoms with Crippen molar-refractivity contribution in [3.63, 3.8) is 0 Å². The fourth-order valence-corrected chi connectivity index (χ4v) is 9.84. The van der Waals surface area contributed by atoms with Gasteiger partial charge in [-0.3, -0.25) is 44.0 Å². The summed E-state index contributed by atoms with van der Waals surface area (Å²) < 4.78 is 13.4. The zero-order valence-corrected chi connectivity index (χ0v) is 33.8. The maximum absolute atomic E-state index is 13.3. The molecule has 2 aliphatic heterocycles. The van der Waals surface area contributed by atoms with Gasteiger partial charge in [0.1, 0.15) is 17.5 Å². The van der Waals surface area contributed by atoms with Gasteiger partial charge >= 0.3 is 0 Å². The molecule has 59 heavy (non-hydrogen) atoms. The van der Waals surface area contributed by atoms with Gasteiger partial charge in [-0.2, -0.15) is 0 Å². The van der Waals surface area contributed by atoms with Crippen molar-refractivity contribution in [3.8, 4) is 22.6 Å². The number of nitrogens with one attached hydrogen (secondary N) is 3. The van der Waals surface area contributed by atoms with Gasteiger partial charge in [-0.25, -0.2) is 0 Å². The third-order valence-electron chi connectivity index (χ3n) is 12.5. The van der Waals surface area contributed by atoms with E-state index in [4.69, 9.17) is 9.47 Å². The molecule has 15 nitrogen and oxygen atoms in total. The second kappa shape index (κ2) is 15.6. The minimum atomic E-state index is -1.01. The maximum atomic E-state index is 13.3. The molecule has 2 aromatic carbocycles. The van der Waals surface area contributed by atoms with Crippen molar-refractivity contribution in [1.29, 1.82) is 0 Å². The number of hydrogen-bond donors (Lipinski definition) is 3. The topological polar surface area (TPSA) is 181 Å². The first kappa shape index (κ1) is 39.7. The number of ether oxygens (including phenoxy) is 2. The molecule has 3 aliphatic carbocycles. The monoisotopic (exact) mass is 803 g/mol. The molecule has 1 atom stereocenters. The number of fused-ring (bicyclic) bond motifs is 2. The highest BCUT2D eigenvalue weighted by Gasteiger charge is 2.71. The molecule has 2 aromatic heterocycles. The average molecular weight is 804 g/mol. The number of piperidine rings is 1. The van der Waals surface area contributed by atoms with Gasteiger partial charge in [0.25, 0.3) is 17.4 Å². The zero-order valence-electron chi connectivity index (χ0n) is 33.8. The fourth-order valence-electron chi connectivity index (χ4n) is 9.84. The van der Waals surface area contributed by atoms with Crippen LogP contribution < -0.4 is 31.0 Å². The van der Waals surface area contributed by atoms with Crippen molar-refractivity contribution in [1.82, 2.24) is 30.0 Å². The molecule has 4 heterocycles. The van der Waals surface area contributed by atoms with E-state index in [1.54, 1.807) is 56.4 Å². The van der Waals surface area contributed by atoms with Gasteiger partial charge in [0.05, 0.1) is 41.7 Å². The van der Waals surface area contributed by atoms with E-state index < -0.39 is 29.7 Å². The highest BCUT2D eigenvalue weighted by atomic mass is 16.5. The number of rotatable bonds is 16. The molecule has 308 valence electrons. The standard InChI is InChI=1S/C44H49N7O8/c1-49(20-31-34(58-3)17-26(18-35(31)59-4)30-21-50(2)39(54)29-19-45-16-13-27(29)30)25-43-22-44(23-43,24-43)42(57)47-15-7-5-6-14-46-32-10-8-9-28-37(32)41(56)51(40(28)55)33-11-12-36(52)48-38(33)53/h8-10,13,16-19,21,33,46H,5-7,11-12,14-15,20,22-25H2,1-4H3,(H,47,57)(H,48,52,53). The molecule has 4 aromatic rings. The number of unbranched alkanes of at least 4 members (excludes halogenated alkanes) is 2. The first-order valence-electron chi connectivity index (χ1n) is 20.1. The number of hydrogen-bond acceptors (Lipinski definition) is 11. The van der Waals surface area contributed by atoms with Crippen LogP contribution in [0.4, 0.5) is 5.69 Å². The number of aryl methyl sites for hydroxylation is 1. The maximum Gasteiger partial charge on any atom is 0.264 e. The Bertz CT molecular complexity index is 2420. The Hall–Kier alpha value is -6.09. The lowest BCUT2D eigenvalue weighted by Gasteiger charge is -2.70. The predicted octanol–water partition coefficient (Wildman–Crippen LogP) is 4.02. The van der Waals surface area contributed by atoms with Crippen LogP contribution in [-0.2, 0) is 28.0 Å². The molecule has 5 aliphatic rings. The minimum absolute atomic E-state index is 0.0681. The Kier molecular flexibility index (Phi) is 10.5. The SMILES string of the molecule is COc1cc(-c2cn(C)c(=O)c3cnccc23)cc(OC)c1CN(C)CC12CC(C(=O)NCCCCCNc3cccc4c3C(=O)N(C3CCC(=O)NC3=O)C4=O)(C1)C2. The quantitative estimate of drug-likeness (QED) is 0.110. The molecule has 1 saturated heterocycles. The van der Waals surface area contributed by atoms with E-state index in [0.29, 0.717) is 42.2 Å². The van der Waals surface area contributed by atoms with Gasteiger partial charge in [0.15, 0.2) is 0 Å². The summed E-state index contributed by atoms with van der Waals surface area (Å²) in [6.45, 7) is 2.60. The molecule has 0 spiro atoms. The molecular formula is C44H49N7O8. The third kappa shape index (κ3) is 7.10. The Labute approximate surface area is 341 Å². The largest absolute Gasteiger partial charge is 0.496 e. The smallest absolute Gasteiger partial charge is 0.264 e. The van der Waals surface area contributed by atoms with Crippen molar-refractivity contribution >= 4 is 46.0 Å². The van der Waals surface area contributed by atoms with Crippen LogP contribution >= 0.6 is 0 Å². The van der Waals surface area contributed by atoms with Crippen molar-refractivity contribution in [2.24, 2.45) is 17.9 Å². The van der Waals surface area contributed by atoms with Crippen LogP contribution in [0.25, 0.3) is 21.9 Å². The van der Waals surface area contributed by atoms with Crippen LogP contribution in [0.5, 0.6) is 11.5 Å². The molecule has 15 heteroatoms. The van der Waals surface area contributed by atoms with E-state index in [-0.39, 0.29) is 46.3 Å². The molecule has 3 N–H and O–H groups in total.